The van der Waals surface area contributed by atoms with Crippen LogP contribution < -0.4 is 4.90 Å². The Hall–Kier alpha value is -2.73. The van der Waals surface area contributed by atoms with E-state index in [9.17, 15) is 0 Å². The van der Waals surface area contributed by atoms with Crippen molar-refractivity contribution in [2.45, 2.75) is 38.8 Å². The number of aromatic nitrogens is 3. The highest BCUT2D eigenvalue weighted by Gasteiger charge is 2.28. The van der Waals surface area contributed by atoms with Gasteiger partial charge in [-0.2, -0.15) is 5.10 Å². The minimum Gasteiger partial charge on any atom is -0.460 e. The monoisotopic (exact) mass is 375 g/mol. The average Bonchev–Trinajstić information content (AvgIpc) is 3.20. The summed E-state index contributed by atoms with van der Waals surface area (Å²) in [6, 6.07) is 13.4. The van der Waals surface area contributed by atoms with Gasteiger partial charge in [0.15, 0.2) is 5.76 Å². The second-order valence-corrected chi connectivity index (χ2v) is 7.76. The number of piperidine rings is 1. The minimum atomic E-state index is 0.633. The molecule has 0 atom stereocenters. The van der Waals surface area contributed by atoms with Gasteiger partial charge in [-0.25, -0.2) is 4.98 Å². The molecular weight excluding hydrogens is 350 g/mol. The summed E-state index contributed by atoms with van der Waals surface area (Å²) in [6.07, 6.45) is 5.10. The lowest BCUT2D eigenvalue weighted by molar-refractivity contribution is 0.153. The number of benzene rings is 1. The Morgan fingerprint density at radius 1 is 1.00 bits per heavy atom. The molecule has 0 N–H and O–H groups in total. The maximum atomic E-state index is 5.68. The minimum absolute atomic E-state index is 0.633. The van der Waals surface area contributed by atoms with Crippen molar-refractivity contribution in [1.29, 1.82) is 0 Å². The molecule has 5 rings (SSSR count). The summed E-state index contributed by atoms with van der Waals surface area (Å²) < 4.78 is 5.68. The average molecular weight is 375 g/mol. The van der Waals surface area contributed by atoms with E-state index < -0.39 is 0 Å². The van der Waals surface area contributed by atoms with Crippen molar-refractivity contribution in [1.82, 2.24) is 20.1 Å². The van der Waals surface area contributed by atoms with E-state index in [4.69, 9.17) is 9.40 Å². The van der Waals surface area contributed by atoms with E-state index in [1.165, 1.54) is 11.1 Å². The quantitative estimate of drug-likeness (QED) is 0.699. The van der Waals surface area contributed by atoms with Crippen molar-refractivity contribution in [2.75, 3.05) is 24.5 Å². The van der Waals surface area contributed by atoms with Crippen molar-refractivity contribution in [3.8, 4) is 11.5 Å². The number of nitrogens with zero attached hydrogens (tertiary/aromatic N) is 5. The van der Waals surface area contributed by atoms with Gasteiger partial charge < -0.3 is 9.32 Å². The molecule has 6 nitrogen and oxygen atoms in total. The standard InChI is InChI=1S/C22H25N5O/c1-16-6-7-21(28-16)20-14-23-25-22(24-20)26-12-9-19(10-13-26)27-11-8-17-4-2-3-5-18(17)15-27/h2-7,14,19H,8-13,15H2,1H3. The predicted octanol–water partition coefficient (Wildman–Crippen LogP) is 3.47. The van der Waals surface area contributed by atoms with Crippen LogP contribution in [0.2, 0.25) is 0 Å². The van der Waals surface area contributed by atoms with Gasteiger partial charge in [0, 0.05) is 32.2 Å². The molecule has 28 heavy (non-hydrogen) atoms. The summed E-state index contributed by atoms with van der Waals surface area (Å²) in [4.78, 5) is 9.60. The third-order valence-corrected chi connectivity index (χ3v) is 5.96. The molecule has 6 heteroatoms. The van der Waals surface area contributed by atoms with Gasteiger partial charge >= 0.3 is 0 Å². The second kappa shape index (κ2) is 7.36. The van der Waals surface area contributed by atoms with E-state index in [0.717, 1.165) is 62.7 Å². The lowest BCUT2D eigenvalue weighted by atomic mass is 9.95. The molecule has 2 aliphatic rings. The van der Waals surface area contributed by atoms with Crippen molar-refractivity contribution in [2.24, 2.45) is 0 Å². The summed E-state index contributed by atoms with van der Waals surface area (Å²) in [5.74, 6) is 2.32. The van der Waals surface area contributed by atoms with Crippen LogP contribution in [0.3, 0.4) is 0 Å². The topological polar surface area (TPSA) is 58.3 Å². The Kier molecular flexibility index (Phi) is 4.56. The molecule has 1 fully saturated rings. The largest absolute Gasteiger partial charge is 0.460 e. The normalized spacial score (nSPS) is 18.2. The molecule has 1 saturated heterocycles. The molecule has 3 aromatic rings. The van der Waals surface area contributed by atoms with Gasteiger partial charge in [-0.15, -0.1) is 5.10 Å². The first-order chi connectivity index (χ1) is 13.8. The molecule has 0 unspecified atom stereocenters. The summed E-state index contributed by atoms with van der Waals surface area (Å²) in [7, 11) is 0. The van der Waals surface area contributed by atoms with Gasteiger partial charge in [-0.05, 0) is 49.4 Å². The molecule has 0 radical (unpaired) electrons. The third kappa shape index (κ3) is 3.40. The first kappa shape index (κ1) is 17.4. The fraction of sp³-hybridized carbons (Fsp3) is 0.409. The molecule has 2 aromatic heterocycles. The van der Waals surface area contributed by atoms with Crippen LogP contribution in [0, 0.1) is 6.92 Å². The molecule has 0 saturated carbocycles. The van der Waals surface area contributed by atoms with Crippen LogP contribution in [0.5, 0.6) is 0 Å². The molecule has 2 aliphatic heterocycles. The first-order valence-corrected chi connectivity index (χ1v) is 10.1. The van der Waals surface area contributed by atoms with Gasteiger partial charge in [0.2, 0.25) is 5.95 Å². The number of hydrogen-bond acceptors (Lipinski definition) is 6. The SMILES string of the molecule is Cc1ccc(-c2cnnc(N3CCC(N4CCc5ccccc5C4)CC3)n2)o1. The third-order valence-electron chi connectivity index (χ3n) is 5.96. The Bertz CT molecular complexity index is 961. The van der Waals surface area contributed by atoms with Gasteiger partial charge in [-0.1, -0.05) is 24.3 Å². The number of anilines is 1. The molecule has 0 aliphatic carbocycles. The van der Waals surface area contributed by atoms with Gasteiger partial charge in [0.1, 0.15) is 11.5 Å². The maximum Gasteiger partial charge on any atom is 0.246 e. The van der Waals surface area contributed by atoms with Crippen molar-refractivity contribution < 1.29 is 4.42 Å². The van der Waals surface area contributed by atoms with Crippen molar-refractivity contribution in [3.05, 3.63) is 59.5 Å². The smallest absolute Gasteiger partial charge is 0.246 e. The Balaban J connectivity index is 1.24. The zero-order chi connectivity index (χ0) is 18.9. The Morgan fingerprint density at radius 2 is 1.82 bits per heavy atom. The summed E-state index contributed by atoms with van der Waals surface area (Å²) in [5, 5.41) is 8.43. The van der Waals surface area contributed by atoms with Crippen LogP contribution >= 0.6 is 0 Å². The highest BCUT2D eigenvalue weighted by Crippen LogP contribution is 2.27. The van der Waals surface area contributed by atoms with E-state index in [1.807, 2.05) is 19.1 Å². The number of fused-ring (bicyclic) bond motifs is 1. The molecular formula is C22H25N5O. The van der Waals surface area contributed by atoms with Crippen LogP contribution in [0.25, 0.3) is 11.5 Å². The summed E-state index contributed by atoms with van der Waals surface area (Å²) in [6.45, 7) is 6.10. The molecule has 144 valence electrons. The number of rotatable bonds is 3. The summed E-state index contributed by atoms with van der Waals surface area (Å²) >= 11 is 0. The lowest BCUT2D eigenvalue weighted by Crippen LogP contribution is -2.47. The Morgan fingerprint density at radius 3 is 2.61 bits per heavy atom. The van der Waals surface area contributed by atoms with Crippen molar-refractivity contribution >= 4 is 5.95 Å². The molecule has 0 spiro atoms. The second-order valence-electron chi connectivity index (χ2n) is 7.76. The molecule has 0 bridgehead atoms. The van der Waals surface area contributed by atoms with Crippen LogP contribution in [0.15, 0.2) is 47.0 Å². The highest BCUT2D eigenvalue weighted by molar-refractivity contribution is 5.52. The van der Waals surface area contributed by atoms with Crippen LogP contribution in [-0.2, 0) is 13.0 Å². The number of aryl methyl sites for hydroxylation is 1. The molecule has 4 heterocycles. The van der Waals surface area contributed by atoms with Gasteiger partial charge in [-0.3, -0.25) is 4.90 Å². The van der Waals surface area contributed by atoms with Crippen LogP contribution in [0.1, 0.15) is 29.7 Å². The lowest BCUT2D eigenvalue weighted by Gasteiger charge is -2.40. The number of hydrogen-bond donors (Lipinski definition) is 0. The van der Waals surface area contributed by atoms with Gasteiger partial charge in [0.25, 0.3) is 0 Å². The van der Waals surface area contributed by atoms with E-state index >= 15 is 0 Å². The van der Waals surface area contributed by atoms with Crippen molar-refractivity contribution in [3.63, 3.8) is 0 Å². The van der Waals surface area contributed by atoms with E-state index in [0.29, 0.717) is 12.0 Å². The molecule has 1 aromatic carbocycles. The highest BCUT2D eigenvalue weighted by atomic mass is 16.3. The fourth-order valence-electron chi connectivity index (χ4n) is 4.38. The maximum absolute atomic E-state index is 5.68. The van der Waals surface area contributed by atoms with Gasteiger partial charge in [0.05, 0.1) is 6.20 Å². The van der Waals surface area contributed by atoms with E-state index in [1.54, 1.807) is 6.20 Å². The van der Waals surface area contributed by atoms with Crippen LogP contribution in [0.4, 0.5) is 5.95 Å². The van der Waals surface area contributed by atoms with E-state index in [-0.39, 0.29) is 0 Å². The first-order valence-electron chi connectivity index (χ1n) is 10.1. The molecule has 0 amide bonds. The zero-order valence-electron chi connectivity index (χ0n) is 16.2. The van der Waals surface area contributed by atoms with Crippen LogP contribution in [-0.4, -0.2) is 45.8 Å². The zero-order valence-corrected chi connectivity index (χ0v) is 16.2. The predicted molar refractivity (Wildman–Crippen MR) is 108 cm³/mol. The number of furan rings is 1. The summed E-state index contributed by atoms with van der Waals surface area (Å²) in [5.41, 5.74) is 3.75. The van der Waals surface area contributed by atoms with E-state index in [2.05, 4.69) is 44.3 Å². The fourth-order valence-corrected chi connectivity index (χ4v) is 4.38. The Labute approximate surface area is 165 Å².